The highest BCUT2D eigenvalue weighted by Crippen LogP contribution is 2.11. The molecule has 0 fully saturated rings. The molecule has 0 aliphatic rings. The quantitative estimate of drug-likeness (QED) is 0.797. The van der Waals surface area contributed by atoms with E-state index in [0.29, 0.717) is 0 Å². The molecule has 17 heavy (non-hydrogen) atoms. The SMILES string of the molecule is OCc1cccc(C=Cc2ccc(F)cc2)c1. The number of benzene rings is 2. The third-order valence-corrected chi connectivity index (χ3v) is 2.47. The van der Waals surface area contributed by atoms with Crippen molar-refractivity contribution in [3.63, 3.8) is 0 Å². The van der Waals surface area contributed by atoms with E-state index in [1.54, 1.807) is 12.1 Å². The summed E-state index contributed by atoms with van der Waals surface area (Å²) in [7, 11) is 0. The minimum absolute atomic E-state index is 0.0399. The number of hydrogen-bond acceptors (Lipinski definition) is 1. The largest absolute Gasteiger partial charge is 0.392 e. The first-order valence-corrected chi connectivity index (χ1v) is 5.41. The molecule has 0 amide bonds. The highest BCUT2D eigenvalue weighted by Gasteiger charge is 1.92. The van der Waals surface area contributed by atoms with Crippen molar-refractivity contribution in [2.45, 2.75) is 6.61 Å². The Morgan fingerprint density at radius 1 is 0.941 bits per heavy atom. The van der Waals surface area contributed by atoms with Crippen molar-refractivity contribution in [1.82, 2.24) is 0 Å². The summed E-state index contributed by atoms with van der Waals surface area (Å²) < 4.78 is 12.7. The second-order valence-electron chi connectivity index (χ2n) is 3.79. The fraction of sp³-hybridized carbons (Fsp3) is 0.0667. The second-order valence-corrected chi connectivity index (χ2v) is 3.79. The van der Waals surface area contributed by atoms with Crippen LogP contribution < -0.4 is 0 Å². The van der Waals surface area contributed by atoms with Crippen LogP contribution in [0.4, 0.5) is 4.39 Å². The molecule has 0 aliphatic heterocycles. The molecule has 0 radical (unpaired) electrons. The van der Waals surface area contributed by atoms with Crippen molar-refractivity contribution < 1.29 is 9.50 Å². The van der Waals surface area contributed by atoms with Gasteiger partial charge in [-0.1, -0.05) is 42.5 Å². The molecule has 2 aromatic carbocycles. The Morgan fingerprint density at radius 3 is 2.35 bits per heavy atom. The van der Waals surface area contributed by atoms with Crippen molar-refractivity contribution in [2.75, 3.05) is 0 Å². The Labute approximate surface area is 99.9 Å². The Balaban J connectivity index is 2.16. The summed E-state index contributed by atoms with van der Waals surface area (Å²) in [5.74, 6) is -0.232. The molecule has 1 N–H and O–H groups in total. The lowest BCUT2D eigenvalue weighted by Gasteiger charge is -1.98. The lowest BCUT2D eigenvalue weighted by molar-refractivity contribution is 0.282. The van der Waals surface area contributed by atoms with Crippen LogP contribution in [0.5, 0.6) is 0 Å². The van der Waals surface area contributed by atoms with E-state index in [0.717, 1.165) is 16.7 Å². The Hall–Kier alpha value is -1.93. The van der Waals surface area contributed by atoms with E-state index in [4.69, 9.17) is 5.11 Å². The van der Waals surface area contributed by atoms with Gasteiger partial charge in [0.2, 0.25) is 0 Å². The van der Waals surface area contributed by atoms with Crippen molar-refractivity contribution in [2.24, 2.45) is 0 Å². The predicted molar refractivity (Wildman–Crippen MR) is 67.7 cm³/mol. The summed E-state index contributed by atoms with van der Waals surface area (Å²) in [6, 6.07) is 14.0. The normalized spacial score (nSPS) is 10.9. The number of aliphatic hydroxyl groups is 1. The highest BCUT2D eigenvalue weighted by molar-refractivity contribution is 5.69. The lowest BCUT2D eigenvalue weighted by Crippen LogP contribution is -1.82. The number of rotatable bonds is 3. The van der Waals surface area contributed by atoms with Gasteiger partial charge in [-0.05, 0) is 34.9 Å². The Morgan fingerprint density at radius 2 is 1.65 bits per heavy atom. The van der Waals surface area contributed by atoms with Gasteiger partial charge in [-0.3, -0.25) is 0 Å². The first-order valence-electron chi connectivity index (χ1n) is 5.41. The maximum Gasteiger partial charge on any atom is 0.123 e. The zero-order chi connectivity index (χ0) is 12.1. The van der Waals surface area contributed by atoms with Crippen molar-refractivity contribution in [3.8, 4) is 0 Å². The van der Waals surface area contributed by atoms with Crippen molar-refractivity contribution >= 4 is 12.2 Å². The Kier molecular flexibility index (Phi) is 3.68. The van der Waals surface area contributed by atoms with Gasteiger partial charge >= 0.3 is 0 Å². The molecule has 0 unspecified atom stereocenters. The van der Waals surface area contributed by atoms with Crippen LogP contribution in [0.1, 0.15) is 16.7 Å². The summed E-state index contributed by atoms with van der Waals surface area (Å²) in [6.45, 7) is 0.0399. The lowest BCUT2D eigenvalue weighted by atomic mass is 10.1. The summed E-state index contributed by atoms with van der Waals surface area (Å²) in [6.07, 6.45) is 3.85. The average Bonchev–Trinajstić information content (AvgIpc) is 2.38. The molecule has 86 valence electrons. The van der Waals surface area contributed by atoms with Gasteiger partial charge in [0.25, 0.3) is 0 Å². The molecule has 0 atom stereocenters. The summed E-state index contributed by atoms with van der Waals surface area (Å²) in [4.78, 5) is 0. The van der Waals surface area contributed by atoms with Gasteiger partial charge in [0.15, 0.2) is 0 Å². The molecular weight excluding hydrogens is 215 g/mol. The highest BCUT2D eigenvalue weighted by atomic mass is 19.1. The van der Waals surface area contributed by atoms with E-state index < -0.39 is 0 Å². The fourth-order valence-corrected chi connectivity index (χ4v) is 1.56. The fourth-order valence-electron chi connectivity index (χ4n) is 1.56. The zero-order valence-electron chi connectivity index (χ0n) is 9.31. The van der Waals surface area contributed by atoms with Crippen LogP contribution in [0.25, 0.3) is 12.2 Å². The summed E-state index contributed by atoms with van der Waals surface area (Å²) in [5.41, 5.74) is 2.84. The molecule has 0 saturated heterocycles. The van der Waals surface area contributed by atoms with Crippen LogP contribution in [0.3, 0.4) is 0 Å². The Bertz CT molecular complexity index is 515. The van der Waals surface area contributed by atoms with Gasteiger partial charge in [0, 0.05) is 0 Å². The minimum Gasteiger partial charge on any atom is -0.392 e. The average molecular weight is 228 g/mol. The van der Waals surface area contributed by atoms with Crippen LogP contribution in [0.2, 0.25) is 0 Å². The van der Waals surface area contributed by atoms with E-state index >= 15 is 0 Å². The smallest absolute Gasteiger partial charge is 0.123 e. The monoisotopic (exact) mass is 228 g/mol. The van der Waals surface area contributed by atoms with Crippen LogP contribution in [0.15, 0.2) is 48.5 Å². The van der Waals surface area contributed by atoms with Gasteiger partial charge in [0.05, 0.1) is 6.61 Å². The molecule has 0 bridgehead atoms. The number of halogens is 1. The predicted octanol–water partition coefficient (Wildman–Crippen LogP) is 3.49. The van der Waals surface area contributed by atoms with Gasteiger partial charge in [-0.25, -0.2) is 4.39 Å². The summed E-state index contributed by atoms with van der Waals surface area (Å²) in [5, 5.41) is 9.01. The van der Waals surface area contributed by atoms with Crippen molar-refractivity contribution in [3.05, 3.63) is 71.0 Å². The molecule has 0 saturated carbocycles. The van der Waals surface area contributed by atoms with Gasteiger partial charge in [-0.2, -0.15) is 0 Å². The molecule has 0 heterocycles. The van der Waals surface area contributed by atoms with E-state index in [-0.39, 0.29) is 12.4 Å². The van der Waals surface area contributed by atoms with E-state index in [9.17, 15) is 4.39 Å². The standard InChI is InChI=1S/C15H13FO/c16-15-8-6-12(7-9-15)4-5-13-2-1-3-14(10-13)11-17/h1-10,17H,11H2. The van der Waals surface area contributed by atoms with Crippen molar-refractivity contribution in [1.29, 1.82) is 0 Å². The first kappa shape index (κ1) is 11.6. The van der Waals surface area contributed by atoms with E-state index in [1.807, 2.05) is 36.4 Å². The van der Waals surface area contributed by atoms with Crippen LogP contribution in [0, 0.1) is 5.82 Å². The number of hydrogen-bond donors (Lipinski definition) is 1. The topological polar surface area (TPSA) is 20.2 Å². The molecule has 0 aliphatic carbocycles. The second kappa shape index (κ2) is 5.41. The van der Waals surface area contributed by atoms with Crippen LogP contribution >= 0.6 is 0 Å². The minimum atomic E-state index is -0.232. The van der Waals surface area contributed by atoms with E-state index in [1.165, 1.54) is 12.1 Å². The van der Waals surface area contributed by atoms with Gasteiger partial charge in [-0.15, -0.1) is 0 Å². The molecule has 0 aromatic heterocycles. The van der Waals surface area contributed by atoms with Gasteiger partial charge in [0.1, 0.15) is 5.82 Å². The third kappa shape index (κ3) is 3.26. The van der Waals surface area contributed by atoms with Crippen LogP contribution in [-0.2, 0) is 6.61 Å². The maximum absolute atomic E-state index is 12.7. The first-order chi connectivity index (χ1) is 8.28. The number of aliphatic hydroxyl groups excluding tert-OH is 1. The summed E-state index contributed by atoms with van der Waals surface area (Å²) >= 11 is 0. The van der Waals surface area contributed by atoms with Gasteiger partial charge < -0.3 is 5.11 Å². The molecule has 0 spiro atoms. The molecular formula is C15H13FO. The third-order valence-electron chi connectivity index (χ3n) is 2.47. The van der Waals surface area contributed by atoms with Crippen LogP contribution in [-0.4, -0.2) is 5.11 Å². The molecule has 2 aromatic rings. The molecule has 2 rings (SSSR count). The molecule has 2 heteroatoms. The maximum atomic E-state index is 12.7. The molecule has 1 nitrogen and oxygen atoms in total. The van der Waals surface area contributed by atoms with E-state index in [2.05, 4.69) is 0 Å². The zero-order valence-corrected chi connectivity index (χ0v) is 9.31.